The maximum absolute atomic E-state index is 10.7. The van der Waals surface area contributed by atoms with Crippen molar-refractivity contribution in [1.82, 2.24) is 9.78 Å². The summed E-state index contributed by atoms with van der Waals surface area (Å²) >= 11 is 0. The van der Waals surface area contributed by atoms with Crippen LogP contribution in [0.3, 0.4) is 0 Å². The fourth-order valence-corrected chi connectivity index (χ4v) is 1.60. The first-order chi connectivity index (χ1) is 8.18. The van der Waals surface area contributed by atoms with Crippen LogP contribution in [-0.4, -0.2) is 26.9 Å². The van der Waals surface area contributed by atoms with Gasteiger partial charge in [-0.1, -0.05) is 18.2 Å². The molecular formula is C12H13N3O2. The molecule has 5 nitrogen and oxygen atoms in total. The van der Waals surface area contributed by atoms with Crippen molar-refractivity contribution >= 4 is 5.97 Å². The SMILES string of the molecule is NC(Cc1ccnn1-c1ccccc1)C(=O)O. The molecule has 2 aromatic rings. The number of para-hydroxylation sites is 1. The molecule has 17 heavy (non-hydrogen) atoms. The van der Waals surface area contributed by atoms with Crippen LogP contribution < -0.4 is 5.73 Å². The van der Waals surface area contributed by atoms with Gasteiger partial charge in [-0.15, -0.1) is 0 Å². The molecule has 3 N–H and O–H groups in total. The Morgan fingerprint density at radius 3 is 2.71 bits per heavy atom. The molecule has 0 fully saturated rings. The zero-order chi connectivity index (χ0) is 12.3. The highest BCUT2D eigenvalue weighted by atomic mass is 16.4. The lowest BCUT2D eigenvalue weighted by Gasteiger charge is -2.09. The number of aromatic nitrogens is 2. The van der Waals surface area contributed by atoms with Crippen LogP contribution in [0, 0.1) is 0 Å². The lowest BCUT2D eigenvalue weighted by Crippen LogP contribution is -2.33. The average Bonchev–Trinajstić information content (AvgIpc) is 2.78. The number of hydrogen-bond donors (Lipinski definition) is 2. The molecule has 1 atom stereocenters. The van der Waals surface area contributed by atoms with Gasteiger partial charge in [0.15, 0.2) is 0 Å². The number of aliphatic carboxylic acids is 1. The molecule has 88 valence electrons. The monoisotopic (exact) mass is 231 g/mol. The van der Waals surface area contributed by atoms with Gasteiger partial charge in [-0.3, -0.25) is 4.79 Å². The Balaban J connectivity index is 2.26. The third-order valence-electron chi connectivity index (χ3n) is 2.47. The summed E-state index contributed by atoms with van der Waals surface area (Å²) in [5, 5.41) is 13.0. The molecule has 0 amide bonds. The minimum Gasteiger partial charge on any atom is -0.480 e. The van der Waals surface area contributed by atoms with Crippen molar-refractivity contribution in [2.24, 2.45) is 5.73 Å². The first-order valence-electron chi connectivity index (χ1n) is 5.25. The second kappa shape index (κ2) is 4.80. The number of nitrogens with two attached hydrogens (primary N) is 1. The second-order valence-corrected chi connectivity index (χ2v) is 3.72. The molecule has 2 rings (SSSR count). The van der Waals surface area contributed by atoms with Gasteiger partial charge in [0.05, 0.1) is 5.69 Å². The Hall–Kier alpha value is -2.14. The zero-order valence-electron chi connectivity index (χ0n) is 9.15. The van der Waals surface area contributed by atoms with Crippen LogP contribution in [0.25, 0.3) is 5.69 Å². The van der Waals surface area contributed by atoms with Crippen molar-refractivity contribution in [1.29, 1.82) is 0 Å². The van der Waals surface area contributed by atoms with Gasteiger partial charge >= 0.3 is 5.97 Å². The molecule has 5 heteroatoms. The lowest BCUT2D eigenvalue weighted by atomic mass is 10.1. The summed E-state index contributed by atoms with van der Waals surface area (Å²) in [6, 6.07) is 10.4. The molecule has 0 bridgehead atoms. The number of nitrogens with zero attached hydrogens (tertiary/aromatic N) is 2. The van der Waals surface area contributed by atoms with Gasteiger partial charge in [0, 0.05) is 18.3 Å². The van der Waals surface area contributed by atoms with Gasteiger partial charge in [0.25, 0.3) is 0 Å². The average molecular weight is 231 g/mol. The van der Waals surface area contributed by atoms with Crippen LogP contribution in [0.4, 0.5) is 0 Å². The van der Waals surface area contributed by atoms with Gasteiger partial charge in [0.2, 0.25) is 0 Å². The molecule has 0 aliphatic carbocycles. The molecule has 1 heterocycles. The van der Waals surface area contributed by atoms with Gasteiger partial charge in [-0.2, -0.15) is 5.10 Å². The first kappa shape index (κ1) is 11.3. The fourth-order valence-electron chi connectivity index (χ4n) is 1.60. The predicted molar refractivity (Wildman–Crippen MR) is 62.9 cm³/mol. The number of carbonyl (C=O) groups is 1. The van der Waals surface area contributed by atoms with Crippen LogP contribution in [-0.2, 0) is 11.2 Å². The molecule has 0 aliphatic heterocycles. The molecule has 0 radical (unpaired) electrons. The highest BCUT2D eigenvalue weighted by Gasteiger charge is 2.15. The first-order valence-corrected chi connectivity index (χ1v) is 5.25. The van der Waals surface area contributed by atoms with Crippen molar-refractivity contribution in [3.8, 4) is 5.69 Å². The second-order valence-electron chi connectivity index (χ2n) is 3.72. The van der Waals surface area contributed by atoms with Gasteiger partial charge in [-0.25, -0.2) is 4.68 Å². The molecule has 0 aliphatic rings. The number of rotatable bonds is 4. The van der Waals surface area contributed by atoms with Crippen LogP contribution >= 0.6 is 0 Å². The molecule has 0 saturated carbocycles. The van der Waals surface area contributed by atoms with Gasteiger partial charge < -0.3 is 10.8 Å². The van der Waals surface area contributed by atoms with E-state index in [1.54, 1.807) is 16.9 Å². The van der Waals surface area contributed by atoms with Crippen molar-refractivity contribution in [2.45, 2.75) is 12.5 Å². The van der Waals surface area contributed by atoms with Crippen LogP contribution in [0.2, 0.25) is 0 Å². The number of carboxylic acid groups (broad SMARTS) is 1. The van der Waals surface area contributed by atoms with E-state index in [4.69, 9.17) is 10.8 Å². The van der Waals surface area contributed by atoms with E-state index in [-0.39, 0.29) is 6.42 Å². The molecular weight excluding hydrogens is 218 g/mol. The summed E-state index contributed by atoms with van der Waals surface area (Å²) in [4.78, 5) is 10.7. The van der Waals surface area contributed by atoms with E-state index in [1.165, 1.54) is 0 Å². The molecule has 0 spiro atoms. The summed E-state index contributed by atoms with van der Waals surface area (Å²) in [7, 11) is 0. The number of hydrogen-bond acceptors (Lipinski definition) is 3. The largest absolute Gasteiger partial charge is 0.480 e. The topological polar surface area (TPSA) is 81.1 Å². The third kappa shape index (κ3) is 2.51. The van der Waals surface area contributed by atoms with Crippen molar-refractivity contribution in [2.75, 3.05) is 0 Å². The summed E-state index contributed by atoms with van der Waals surface area (Å²) in [5.41, 5.74) is 7.19. The summed E-state index contributed by atoms with van der Waals surface area (Å²) in [6.07, 6.45) is 1.89. The van der Waals surface area contributed by atoms with Gasteiger partial charge in [-0.05, 0) is 18.2 Å². The van der Waals surface area contributed by atoms with Crippen LogP contribution in [0.1, 0.15) is 5.69 Å². The van der Waals surface area contributed by atoms with Crippen molar-refractivity contribution < 1.29 is 9.90 Å². The highest BCUT2D eigenvalue weighted by Crippen LogP contribution is 2.11. The summed E-state index contributed by atoms with van der Waals surface area (Å²) in [6.45, 7) is 0. The number of benzene rings is 1. The number of carboxylic acids is 1. The normalized spacial score (nSPS) is 12.3. The maximum Gasteiger partial charge on any atom is 0.320 e. The molecule has 0 saturated heterocycles. The summed E-state index contributed by atoms with van der Waals surface area (Å²) in [5.74, 6) is -1.01. The van der Waals surface area contributed by atoms with E-state index in [2.05, 4.69) is 5.10 Å². The van der Waals surface area contributed by atoms with Crippen LogP contribution in [0.15, 0.2) is 42.6 Å². The maximum atomic E-state index is 10.7. The molecule has 1 unspecified atom stereocenters. The standard InChI is InChI=1S/C12H13N3O2/c13-11(12(16)17)8-10-6-7-14-15(10)9-4-2-1-3-5-9/h1-7,11H,8,13H2,(H,16,17). The predicted octanol–water partition coefficient (Wildman–Crippen LogP) is 0.827. The van der Waals surface area contributed by atoms with E-state index >= 15 is 0 Å². The Kier molecular flexibility index (Phi) is 3.20. The van der Waals surface area contributed by atoms with Gasteiger partial charge in [0.1, 0.15) is 6.04 Å². The quantitative estimate of drug-likeness (QED) is 0.816. The molecule has 1 aromatic carbocycles. The minimum atomic E-state index is -1.01. The lowest BCUT2D eigenvalue weighted by molar-refractivity contribution is -0.138. The Morgan fingerprint density at radius 2 is 2.06 bits per heavy atom. The summed E-state index contributed by atoms with van der Waals surface area (Å²) < 4.78 is 1.70. The van der Waals surface area contributed by atoms with Crippen LogP contribution in [0.5, 0.6) is 0 Å². The minimum absolute atomic E-state index is 0.254. The third-order valence-corrected chi connectivity index (χ3v) is 2.47. The smallest absolute Gasteiger partial charge is 0.320 e. The molecule has 1 aromatic heterocycles. The van der Waals surface area contributed by atoms with E-state index in [9.17, 15) is 4.79 Å². The van der Waals surface area contributed by atoms with Crippen molar-refractivity contribution in [3.05, 3.63) is 48.3 Å². The Labute approximate surface area is 98.5 Å². The zero-order valence-corrected chi connectivity index (χ0v) is 9.15. The fraction of sp³-hybridized carbons (Fsp3) is 0.167. The van der Waals surface area contributed by atoms with Crippen molar-refractivity contribution in [3.63, 3.8) is 0 Å². The van der Waals surface area contributed by atoms with E-state index in [0.29, 0.717) is 0 Å². The Morgan fingerprint density at radius 1 is 1.35 bits per heavy atom. The Bertz CT molecular complexity index is 507. The highest BCUT2D eigenvalue weighted by molar-refractivity contribution is 5.73. The van der Waals surface area contributed by atoms with E-state index in [0.717, 1.165) is 11.4 Å². The van der Waals surface area contributed by atoms with E-state index < -0.39 is 12.0 Å². The van der Waals surface area contributed by atoms with E-state index in [1.807, 2.05) is 30.3 Å².